The molecule has 18 heavy (non-hydrogen) atoms. The van der Waals surface area contributed by atoms with Gasteiger partial charge in [-0.2, -0.15) is 0 Å². The molecular weight excluding hydrogens is 262 g/mol. The van der Waals surface area contributed by atoms with E-state index in [4.69, 9.17) is 21.1 Å². The number of nitro groups is 1. The number of hydrogen-bond donors (Lipinski definition) is 0. The Morgan fingerprint density at radius 1 is 1.56 bits per heavy atom. The zero-order valence-corrected chi connectivity index (χ0v) is 10.2. The second kappa shape index (κ2) is 4.81. The number of rotatable bonds is 3. The molecule has 1 aliphatic heterocycles. The number of hydrogen-bond acceptors (Lipinski definition) is 5. The van der Waals surface area contributed by atoms with E-state index in [0.29, 0.717) is 6.42 Å². The number of cyclic esters (lactones) is 1. The molecule has 7 heteroatoms. The molecule has 6 nitrogen and oxygen atoms in total. The molecule has 2 rings (SSSR count). The van der Waals surface area contributed by atoms with Crippen LogP contribution in [0.2, 0.25) is 5.02 Å². The highest BCUT2D eigenvalue weighted by Crippen LogP contribution is 2.31. The molecule has 1 aromatic rings. The van der Waals surface area contributed by atoms with Crippen molar-refractivity contribution in [3.05, 3.63) is 33.3 Å². The van der Waals surface area contributed by atoms with Gasteiger partial charge in [-0.1, -0.05) is 11.6 Å². The van der Waals surface area contributed by atoms with Crippen molar-refractivity contribution in [1.82, 2.24) is 0 Å². The van der Waals surface area contributed by atoms with Crippen LogP contribution in [0, 0.1) is 10.1 Å². The van der Waals surface area contributed by atoms with E-state index in [-0.39, 0.29) is 22.6 Å². The predicted octanol–water partition coefficient (Wildman–Crippen LogP) is 2.33. The summed E-state index contributed by atoms with van der Waals surface area (Å²) in [5.74, 6) is -0.213. The third kappa shape index (κ3) is 2.53. The maximum Gasteiger partial charge on any atom is 0.347 e. The van der Waals surface area contributed by atoms with Gasteiger partial charge < -0.3 is 9.47 Å². The lowest BCUT2D eigenvalue weighted by atomic mass is 10.2. The molecule has 0 aromatic heterocycles. The molecule has 1 saturated heterocycles. The van der Waals surface area contributed by atoms with E-state index in [1.54, 1.807) is 6.92 Å². The van der Waals surface area contributed by atoms with Gasteiger partial charge in [0.25, 0.3) is 5.69 Å². The first kappa shape index (κ1) is 12.6. The lowest BCUT2D eigenvalue weighted by Gasteiger charge is -2.10. The van der Waals surface area contributed by atoms with Crippen molar-refractivity contribution < 1.29 is 19.2 Å². The average molecular weight is 272 g/mol. The Morgan fingerprint density at radius 2 is 2.28 bits per heavy atom. The standard InChI is InChI=1S/C11H10ClNO5/c1-6-4-10(11(14)17-6)18-9-3-2-7(13(15)16)5-8(9)12/h2-3,5-6,10H,4H2,1H3/t6-,10+/m0/s1. The van der Waals surface area contributed by atoms with Gasteiger partial charge in [-0.05, 0) is 13.0 Å². The number of halogens is 1. The first-order valence-corrected chi connectivity index (χ1v) is 5.66. The van der Waals surface area contributed by atoms with Gasteiger partial charge in [0.05, 0.1) is 9.95 Å². The Morgan fingerprint density at radius 3 is 2.78 bits per heavy atom. The van der Waals surface area contributed by atoms with Gasteiger partial charge in [-0.3, -0.25) is 10.1 Å². The van der Waals surface area contributed by atoms with Crippen LogP contribution in [-0.4, -0.2) is 23.1 Å². The van der Waals surface area contributed by atoms with Gasteiger partial charge in [-0.25, -0.2) is 4.79 Å². The Bertz CT molecular complexity index is 504. The Labute approximate surface area is 108 Å². The summed E-state index contributed by atoms with van der Waals surface area (Å²) in [6, 6.07) is 3.82. The zero-order chi connectivity index (χ0) is 13.3. The highest BCUT2D eigenvalue weighted by Gasteiger charge is 2.34. The fourth-order valence-corrected chi connectivity index (χ4v) is 1.89. The summed E-state index contributed by atoms with van der Waals surface area (Å²) >= 11 is 5.85. The minimum Gasteiger partial charge on any atom is -0.477 e. The van der Waals surface area contributed by atoms with E-state index in [1.807, 2.05) is 0 Å². The Kier molecular flexibility index (Phi) is 3.38. The SMILES string of the molecule is C[C@H]1C[C@@H](Oc2ccc([N+](=O)[O-])cc2Cl)C(=O)O1. The second-order valence-corrected chi connectivity index (χ2v) is 4.37. The monoisotopic (exact) mass is 271 g/mol. The molecular formula is C11H10ClNO5. The summed E-state index contributed by atoms with van der Waals surface area (Å²) in [5, 5.41) is 10.6. The Hall–Kier alpha value is -1.82. The minimum atomic E-state index is -0.709. The molecule has 0 aliphatic carbocycles. The Balaban J connectivity index is 2.15. The molecule has 0 spiro atoms. The molecule has 0 saturated carbocycles. The average Bonchev–Trinajstić information content (AvgIpc) is 2.60. The number of benzene rings is 1. The van der Waals surface area contributed by atoms with Gasteiger partial charge in [0.15, 0.2) is 6.10 Å². The number of esters is 1. The van der Waals surface area contributed by atoms with Gasteiger partial charge >= 0.3 is 5.97 Å². The smallest absolute Gasteiger partial charge is 0.347 e. The van der Waals surface area contributed by atoms with Crippen LogP contribution >= 0.6 is 11.6 Å². The van der Waals surface area contributed by atoms with E-state index in [1.165, 1.54) is 18.2 Å². The number of ether oxygens (including phenoxy) is 2. The summed E-state index contributed by atoms with van der Waals surface area (Å²) in [6.45, 7) is 1.76. The van der Waals surface area contributed by atoms with E-state index in [9.17, 15) is 14.9 Å². The van der Waals surface area contributed by atoms with E-state index in [0.717, 1.165) is 0 Å². The van der Waals surface area contributed by atoms with E-state index in [2.05, 4.69) is 0 Å². The molecule has 0 unspecified atom stereocenters. The second-order valence-electron chi connectivity index (χ2n) is 3.96. The van der Waals surface area contributed by atoms with Crippen LogP contribution in [0.3, 0.4) is 0 Å². The summed E-state index contributed by atoms with van der Waals surface area (Å²) in [4.78, 5) is 21.4. The maximum absolute atomic E-state index is 11.4. The van der Waals surface area contributed by atoms with Gasteiger partial charge in [0.1, 0.15) is 11.9 Å². The van der Waals surface area contributed by atoms with Crippen molar-refractivity contribution >= 4 is 23.3 Å². The number of nitro benzene ring substituents is 1. The molecule has 1 aromatic carbocycles. The quantitative estimate of drug-likeness (QED) is 0.479. The van der Waals surface area contributed by atoms with Crippen LogP contribution in [-0.2, 0) is 9.53 Å². The molecule has 0 N–H and O–H groups in total. The molecule has 0 bridgehead atoms. The van der Waals surface area contributed by atoms with Crippen LogP contribution in [0.15, 0.2) is 18.2 Å². The lowest BCUT2D eigenvalue weighted by Crippen LogP contribution is -2.21. The fraction of sp³-hybridized carbons (Fsp3) is 0.364. The van der Waals surface area contributed by atoms with Gasteiger partial charge in [0.2, 0.25) is 0 Å². The van der Waals surface area contributed by atoms with Crippen molar-refractivity contribution in [2.75, 3.05) is 0 Å². The number of carbonyl (C=O) groups is 1. The van der Waals surface area contributed by atoms with Crippen LogP contribution in [0.1, 0.15) is 13.3 Å². The first-order valence-electron chi connectivity index (χ1n) is 5.28. The molecule has 0 radical (unpaired) electrons. The van der Waals surface area contributed by atoms with Gasteiger partial charge in [0, 0.05) is 18.6 Å². The summed E-state index contributed by atoms with van der Waals surface area (Å²) in [5.41, 5.74) is -0.130. The highest BCUT2D eigenvalue weighted by atomic mass is 35.5. The first-order chi connectivity index (χ1) is 8.47. The number of non-ortho nitro benzene ring substituents is 1. The number of carbonyl (C=O) groups excluding carboxylic acids is 1. The fourth-order valence-electron chi connectivity index (χ4n) is 1.67. The van der Waals surface area contributed by atoms with Crippen molar-refractivity contribution in [3.8, 4) is 5.75 Å². The minimum absolute atomic E-state index is 0.0940. The summed E-state index contributed by atoms with van der Waals surface area (Å²) in [7, 11) is 0. The lowest BCUT2D eigenvalue weighted by molar-refractivity contribution is -0.384. The molecule has 96 valence electrons. The topological polar surface area (TPSA) is 78.7 Å². The van der Waals surface area contributed by atoms with Crippen LogP contribution in [0.5, 0.6) is 5.75 Å². The zero-order valence-electron chi connectivity index (χ0n) is 9.46. The number of nitrogens with zero attached hydrogens (tertiary/aromatic N) is 1. The van der Waals surface area contributed by atoms with E-state index < -0.39 is 17.0 Å². The predicted molar refractivity (Wildman–Crippen MR) is 62.7 cm³/mol. The third-order valence-corrected chi connectivity index (χ3v) is 2.82. The van der Waals surface area contributed by atoms with Crippen LogP contribution in [0.4, 0.5) is 5.69 Å². The van der Waals surface area contributed by atoms with Crippen LogP contribution < -0.4 is 4.74 Å². The van der Waals surface area contributed by atoms with Crippen LogP contribution in [0.25, 0.3) is 0 Å². The molecule has 1 fully saturated rings. The van der Waals surface area contributed by atoms with Crippen molar-refractivity contribution in [1.29, 1.82) is 0 Å². The van der Waals surface area contributed by atoms with E-state index >= 15 is 0 Å². The van der Waals surface area contributed by atoms with Crippen molar-refractivity contribution in [2.45, 2.75) is 25.6 Å². The molecule has 1 aliphatic rings. The molecule has 1 heterocycles. The summed E-state index contributed by atoms with van der Waals surface area (Å²) < 4.78 is 10.3. The third-order valence-electron chi connectivity index (χ3n) is 2.52. The summed E-state index contributed by atoms with van der Waals surface area (Å²) in [6.07, 6.45) is -0.468. The molecule has 2 atom stereocenters. The normalized spacial score (nSPS) is 22.7. The van der Waals surface area contributed by atoms with Crippen molar-refractivity contribution in [2.24, 2.45) is 0 Å². The maximum atomic E-state index is 11.4. The van der Waals surface area contributed by atoms with Crippen molar-refractivity contribution in [3.63, 3.8) is 0 Å². The van der Waals surface area contributed by atoms with Gasteiger partial charge in [-0.15, -0.1) is 0 Å². The highest BCUT2D eigenvalue weighted by molar-refractivity contribution is 6.32. The largest absolute Gasteiger partial charge is 0.477 e. The molecule has 0 amide bonds.